The van der Waals surface area contributed by atoms with Gasteiger partial charge in [0, 0.05) is 15.8 Å². The Kier molecular flexibility index (Phi) is 5.20. The third-order valence-corrected chi connectivity index (χ3v) is 3.19. The molecule has 0 aromatic heterocycles. The molecule has 0 heterocycles. The van der Waals surface area contributed by atoms with Crippen molar-refractivity contribution < 1.29 is 22.8 Å². The highest BCUT2D eigenvalue weighted by Crippen LogP contribution is 2.27. The van der Waals surface area contributed by atoms with Crippen LogP contribution in [-0.2, 0) is 0 Å². The van der Waals surface area contributed by atoms with Gasteiger partial charge in [0.1, 0.15) is 11.7 Å². The van der Waals surface area contributed by atoms with Gasteiger partial charge in [-0.25, -0.2) is 4.39 Å². The molecule has 0 aliphatic rings. The normalized spacial score (nSPS) is 14.3. The van der Waals surface area contributed by atoms with Crippen molar-refractivity contribution in [3.8, 4) is 0 Å². The lowest BCUT2D eigenvalue weighted by atomic mass is 10.1. The Hall–Kier alpha value is -1.26. The number of anilines is 1. The van der Waals surface area contributed by atoms with Gasteiger partial charge in [-0.3, -0.25) is 0 Å². The molecule has 4 nitrogen and oxygen atoms in total. The van der Waals surface area contributed by atoms with Crippen LogP contribution in [0.2, 0.25) is 0 Å². The summed E-state index contributed by atoms with van der Waals surface area (Å²) in [5, 5.41) is 13.2. The van der Waals surface area contributed by atoms with Gasteiger partial charge >= 0.3 is 6.18 Å². The highest BCUT2D eigenvalue weighted by atomic mass is 127. The lowest BCUT2D eigenvalue weighted by molar-refractivity contribution is -0.152. The van der Waals surface area contributed by atoms with E-state index in [9.17, 15) is 17.6 Å². The maximum Gasteiger partial charge on any atom is 0.400 e. The quantitative estimate of drug-likeness (QED) is 0.185. The molecule has 0 fully saturated rings. The number of halogens is 5. The average molecular weight is 391 g/mol. The first-order chi connectivity index (χ1) is 8.75. The number of oxime groups is 1. The average Bonchev–Trinajstić information content (AvgIpc) is 2.29. The molecule has 1 atom stereocenters. The highest BCUT2D eigenvalue weighted by molar-refractivity contribution is 14.1. The van der Waals surface area contributed by atoms with Crippen molar-refractivity contribution in [1.29, 1.82) is 0 Å². The minimum absolute atomic E-state index is 0.335. The van der Waals surface area contributed by atoms with E-state index < -0.39 is 30.3 Å². The van der Waals surface area contributed by atoms with Crippen molar-refractivity contribution in [3.05, 3.63) is 27.6 Å². The molecule has 0 spiro atoms. The molecular weight excluding hydrogens is 381 g/mol. The van der Waals surface area contributed by atoms with Crippen molar-refractivity contribution in [2.24, 2.45) is 16.8 Å². The van der Waals surface area contributed by atoms with Gasteiger partial charge in [0.2, 0.25) is 0 Å². The van der Waals surface area contributed by atoms with Crippen LogP contribution in [0.15, 0.2) is 23.4 Å². The lowest BCUT2D eigenvalue weighted by Gasteiger charge is -2.20. The van der Waals surface area contributed by atoms with Gasteiger partial charge in [-0.05, 0) is 40.8 Å². The van der Waals surface area contributed by atoms with Crippen LogP contribution in [0.4, 0.5) is 23.2 Å². The van der Waals surface area contributed by atoms with Crippen LogP contribution in [-0.4, -0.2) is 23.8 Å². The minimum atomic E-state index is -4.64. The van der Waals surface area contributed by atoms with Crippen molar-refractivity contribution in [3.63, 3.8) is 0 Å². The number of benzene rings is 1. The molecule has 19 heavy (non-hydrogen) atoms. The molecule has 0 bridgehead atoms. The fourth-order valence-corrected chi connectivity index (χ4v) is 1.97. The van der Waals surface area contributed by atoms with Crippen LogP contribution in [0.1, 0.15) is 0 Å². The summed E-state index contributed by atoms with van der Waals surface area (Å²) in [4.78, 5) is 0. The van der Waals surface area contributed by atoms with Crippen LogP contribution < -0.4 is 11.1 Å². The van der Waals surface area contributed by atoms with Gasteiger partial charge in [-0.2, -0.15) is 13.2 Å². The van der Waals surface area contributed by atoms with Gasteiger partial charge in [0.15, 0.2) is 5.84 Å². The van der Waals surface area contributed by atoms with Crippen LogP contribution in [0.5, 0.6) is 0 Å². The summed E-state index contributed by atoms with van der Waals surface area (Å²) in [6.45, 7) is -0.610. The maximum atomic E-state index is 12.8. The summed E-state index contributed by atoms with van der Waals surface area (Å²) < 4.78 is 51.2. The molecule has 0 amide bonds. The number of alkyl halides is 3. The molecule has 0 saturated carbocycles. The standard InChI is InChI=1S/C10H10F4IN3O/c11-5-1-2-8(7(15)3-5)17-4-6(9(16)18-19)10(12,13)14/h1-3,6,17,19H,4H2,(H2,16,18). The summed E-state index contributed by atoms with van der Waals surface area (Å²) in [6, 6.07) is 3.61. The Labute approximate surface area is 119 Å². The molecule has 0 aliphatic carbocycles. The third-order valence-electron chi connectivity index (χ3n) is 2.30. The van der Waals surface area contributed by atoms with Gasteiger partial charge in [0.25, 0.3) is 0 Å². The molecule has 4 N–H and O–H groups in total. The second kappa shape index (κ2) is 6.26. The number of hydrogen-bond acceptors (Lipinski definition) is 3. The molecule has 1 aromatic rings. The number of nitrogens with one attached hydrogen (secondary N) is 1. The molecular formula is C10H10F4IN3O. The zero-order chi connectivity index (χ0) is 14.6. The Morgan fingerprint density at radius 2 is 2.11 bits per heavy atom. The van der Waals surface area contributed by atoms with E-state index in [0.29, 0.717) is 9.26 Å². The number of nitrogens with zero attached hydrogens (tertiary/aromatic N) is 1. The van der Waals surface area contributed by atoms with E-state index in [0.717, 1.165) is 6.07 Å². The molecule has 1 aromatic carbocycles. The SMILES string of the molecule is N/C(=N/O)C(CNc1ccc(F)cc1I)C(F)(F)F. The van der Waals surface area contributed by atoms with E-state index in [1.165, 1.54) is 12.1 Å². The predicted octanol–water partition coefficient (Wildman–Crippen LogP) is 2.77. The Bertz CT molecular complexity index is 478. The number of nitrogens with two attached hydrogens (primary N) is 1. The second-order valence-corrected chi connectivity index (χ2v) is 4.79. The van der Waals surface area contributed by atoms with Crippen molar-refractivity contribution >= 4 is 34.1 Å². The molecule has 0 aliphatic heterocycles. The predicted molar refractivity (Wildman–Crippen MR) is 70.6 cm³/mol. The zero-order valence-electron chi connectivity index (χ0n) is 9.38. The van der Waals surface area contributed by atoms with Crippen LogP contribution in [0.3, 0.4) is 0 Å². The van der Waals surface area contributed by atoms with E-state index in [-0.39, 0.29) is 0 Å². The van der Waals surface area contributed by atoms with Crippen LogP contribution in [0, 0.1) is 15.3 Å². The Balaban J connectivity index is 2.82. The molecule has 106 valence electrons. The summed E-state index contributed by atoms with van der Waals surface area (Å²) in [5.74, 6) is -3.55. The zero-order valence-corrected chi connectivity index (χ0v) is 11.5. The molecule has 0 radical (unpaired) electrons. The fraction of sp³-hybridized carbons (Fsp3) is 0.300. The second-order valence-electron chi connectivity index (χ2n) is 3.62. The first-order valence-corrected chi connectivity index (χ1v) is 6.06. The number of hydrogen-bond donors (Lipinski definition) is 3. The molecule has 9 heteroatoms. The van der Waals surface area contributed by atoms with E-state index in [1.54, 1.807) is 22.6 Å². The van der Waals surface area contributed by atoms with E-state index in [1.807, 2.05) is 0 Å². The Morgan fingerprint density at radius 1 is 1.47 bits per heavy atom. The highest BCUT2D eigenvalue weighted by Gasteiger charge is 2.42. The topological polar surface area (TPSA) is 70.6 Å². The summed E-state index contributed by atoms with van der Waals surface area (Å²) in [5.41, 5.74) is 5.34. The largest absolute Gasteiger partial charge is 0.409 e. The lowest BCUT2D eigenvalue weighted by Crippen LogP contribution is -2.40. The summed E-state index contributed by atoms with van der Waals surface area (Å²) >= 11 is 1.79. The number of rotatable bonds is 4. The van der Waals surface area contributed by atoms with Gasteiger partial charge in [0.05, 0.1) is 0 Å². The van der Waals surface area contributed by atoms with E-state index in [4.69, 9.17) is 10.9 Å². The molecule has 1 unspecified atom stereocenters. The molecule has 0 saturated heterocycles. The van der Waals surface area contributed by atoms with Crippen LogP contribution in [0.25, 0.3) is 0 Å². The van der Waals surface area contributed by atoms with E-state index >= 15 is 0 Å². The fourth-order valence-electron chi connectivity index (χ4n) is 1.30. The Morgan fingerprint density at radius 3 is 2.58 bits per heavy atom. The van der Waals surface area contributed by atoms with Crippen molar-refractivity contribution in [1.82, 2.24) is 0 Å². The third kappa shape index (κ3) is 4.40. The summed E-state index contributed by atoms with van der Waals surface area (Å²) in [7, 11) is 0. The van der Waals surface area contributed by atoms with Crippen molar-refractivity contribution in [2.45, 2.75) is 6.18 Å². The monoisotopic (exact) mass is 391 g/mol. The van der Waals surface area contributed by atoms with Gasteiger partial charge < -0.3 is 16.3 Å². The van der Waals surface area contributed by atoms with E-state index in [2.05, 4.69) is 10.5 Å². The first-order valence-electron chi connectivity index (χ1n) is 4.98. The number of amidine groups is 1. The summed E-state index contributed by atoms with van der Waals surface area (Å²) in [6.07, 6.45) is -4.64. The van der Waals surface area contributed by atoms with Gasteiger partial charge in [-0.15, -0.1) is 0 Å². The van der Waals surface area contributed by atoms with Crippen molar-refractivity contribution in [2.75, 3.05) is 11.9 Å². The van der Waals surface area contributed by atoms with Gasteiger partial charge in [-0.1, -0.05) is 5.16 Å². The van der Waals surface area contributed by atoms with Crippen LogP contribution >= 0.6 is 22.6 Å². The molecule has 1 rings (SSSR count). The smallest absolute Gasteiger partial charge is 0.400 e. The maximum absolute atomic E-state index is 12.8. The minimum Gasteiger partial charge on any atom is -0.409 e. The first kappa shape index (κ1) is 15.8.